The quantitative estimate of drug-likeness (QED) is 0.721. The number of benzene rings is 2. The predicted octanol–water partition coefficient (Wildman–Crippen LogP) is 2.94. The molecular weight excluding hydrogens is 376 g/mol. The van der Waals surface area contributed by atoms with Gasteiger partial charge in [0.1, 0.15) is 17.7 Å². The number of nitrogens with zero attached hydrogens (tertiary/aromatic N) is 2. The second-order valence-electron chi connectivity index (χ2n) is 7.23. The third-order valence-corrected chi connectivity index (χ3v) is 5.42. The number of rotatable bonds is 5. The number of carbonyl (C=O) groups is 1. The van der Waals surface area contributed by atoms with E-state index in [1.807, 2.05) is 24.3 Å². The minimum absolute atomic E-state index is 0.0420. The SMILES string of the molecule is N[C@H]1c2ccccc2C[C@@H]1CC(=O)C(c1ccc(F)cc1F)n1ncccc1=O. The topological polar surface area (TPSA) is 78.0 Å². The van der Waals surface area contributed by atoms with Gasteiger partial charge in [0.25, 0.3) is 5.56 Å². The van der Waals surface area contributed by atoms with E-state index < -0.39 is 29.0 Å². The average molecular weight is 395 g/mol. The molecule has 0 spiro atoms. The van der Waals surface area contributed by atoms with Crippen LogP contribution in [0, 0.1) is 17.6 Å². The van der Waals surface area contributed by atoms with Gasteiger partial charge in [-0.1, -0.05) is 30.3 Å². The van der Waals surface area contributed by atoms with Gasteiger partial charge in [0.15, 0.2) is 5.78 Å². The third kappa shape index (κ3) is 3.61. The smallest absolute Gasteiger partial charge is 0.267 e. The maximum absolute atomic E-state index is 14.5. The fraction of sp³-hybridized carbons (Fsp3) is 0.227. The van der Waals surface area contributed by atoms with Crippen LogP contribution in [0.1, 0.15) is 35.2 Å². The van der Waals surface area contributed by atoms with Gasteiger partial charge in [0.05, 0.1) is 0 Å². The molecule has 3 atom stereocenters. The lowest BCUT2D eigenvalue weighted by Gasteiger charge is -2.22. The molecule has 148 valence electrons. The maximum Gasteiger partial charge on any atom is 0.267 e. The summed E-state index contributed by atoms with van der Waals surface area (Å²) in [5.41, 5.74) is 7.76. The Labute approximate surface area is 165 Å². The second-order valence-corrected chi connectivity index (χ2v) is 7.23. The zero-order chi connectivity index (χ0) is 20.5. The zero-order valence-electron chi connectivity index (χ0n) is 15.5. The van der Waals surface area contributed by atoms with Crippen molar-refractivity contribution in [2.75, 3.05) is 0 Å². The lowest BCUT2D eigenvalue weighted by Crippen LogP contribution is -2.34. The summed E-state index contributed by atoms with van der Waals surface area (Å²) >= 11 is 0. The fourth-order valence-corrected chi connectivity index (χ4v) is 4.01. The molecular formula is C22H19F2N3O2. The minimum Gasteiger partial charge on any atom is -0.324 e. The Morgan fingerprint density at radius 2 is 1.97 bits per heavy atom. The number of hydrogen-bond donors (Lipinski definition) is 1. The number of ketones is 1. The Kier molecular flexibility index (Phi) is 5.07. The van der Waals surface area contributed by atoms with Gasteiger partial charge >= 0.3 is 0 Å². The van der Waals surface area contributed by atoms with Crippen LogP contribution in [0.2, 0.25) is 0 Å². The van der Waals surface area contributed by atoms with Crippen molar-refractivity contribution in [3.63, 3.8) is 0 Å². The summed E-state index contributed by atoms with van der Waals surface area (Å²) in [5, 5.41) is 3.96. The minimum atomic E-state index is -1.29. The molecule has 0 saturated heterocycles. The van der Waals surface area contributed by atoms with E-state index in [0.717, 1.165) is 21.9 Å². The molecule has 1 heterocycles. The molecule has 0 amide bonds. The van der Waals surface area contributed by atoms with Gasteiger partial charge in [0.2, 0.25) is 0 Å². The van der Waals surface area contributed by atoms with Gasteiger partial charge in [-0.2, -0.15) is 5.10 Å². The van der Waals surface area contributed by atoms with Gasteiger partial charge in [-0.05, 0) is 35.6 Å². The van der Waals surface area contributed by atoms with Crippen molar-refractivity contribution in [2.45, 2.75) is 24.9 Å². The molecule has 7 heteroatoms. The molecule has 0 bridgehead atoms. The molecule has 1 unspecified atom stereocenters. The number of halogens is 2. The summed E-state index contributed by atoms with van der Waals surface area (Å²) in [4.78, 5) is 25.6. The van der Waals surface area contributed by atoms with Crippen molar-refractivity contribution < 1.29 is 13.6 Å². The molecule has 5 nitrogen and oxygen atoms in total. The van der Waals surface area contributed by atoms with E-state index in [2.05, 4.69) is 5.10 Å². The van der Waals surface area contributed by atoms with E-state index in [9.17, 15) is 18.4 Å². The van der Waals surface area contributed by atoms with Crippen molar-refractivity contribution in [1.82, 2.24) is 9.78 Å². The molecule has 1 aliphatic rings. The van der Waals surface area contributed by atoms with E-state index in [1.165, 1.54) is 24.4 Å². The number of nitrogens with two attached hydrogens (primary N) is 1. The zero-order valence-corrected chi connectivity index (χ0v) is 15.5. The molecule has 3 aromatic rings. The lowest BCUT2D eigenvalue weighted by atomic mass is 9.90. The largest absolute Gasteiger partial charge is 0.324 e. The van der Waals surface area contributed by atoms with Crippen LogP contribution in [0.15, 0.2) is 65.6 Å². The highest BCUT2D eigenvalue weighted by Gasteiger charge is 2.35. The first kappa shape index (κ1) is 19.1. The Balaban J connectivity index is 1.69. The molecule has 0 saturated carbocycles. The number of hydrogen-bond acceptors (Lipinski definition) is 4. The molecule has 2 N–H and O–H groups in total. The first-order valence-corrected chi connectivity index (χ1v) is 9.30. The summed E-state index contributed by atoms with van der Waals surface area (Å²) in [5.74, 6) is -2.24. The monoisotopic (exact) mass is 395 g/mol. The summed E-state index contributed by atoms with van der Waals surface area (Å²) in [6, 6.07) is 11.7. The van der Waals surface area contributed by atoms with Crippen LogP contribution in [0.25, 0.3) is 0 Å². The molecule has 29 heavy (non-hydrogen) atoms. The number of aromatic nitrogens is 2. The molecule has 2 aromatic carbocycles. The van der Waals surface area contributed by atoms with Crippen molar-refractivity contribution >= 4 is 5.78 Å². The standard InChI is InChI=1S/C22H19F2N3O2/c23-15-7-8-17(18(24)12-15)22(27-20(29)6-3-9-26-27)19(28)11-14-10-13-4-1-2-5-16(13)21(14)25/h1-9,12,14,21-22H,10-11,25H2/t14-,21-,22?/m1/s1. The molecule has 4 rings (SSSR count). The normalized spacial score (nSPS) is 19.0. The van der Waals surface area contributed by atoms with Crippen LogP contribution in [0.5, 0.6) is 0 Å². The summed E-state index contributed by atoms with van der Waals surface area (Å²) in [6.45, 7) is 0. The summed E-state index contributed by atoms with van der Waals surface area (Å²) < 4.78 is 28.9. The molecule has 0 aliphatic heterocycles. The van der Waals surface area contributed by atoms with Gasteiger partial charge in [0, 0.05) is 36.4 Å². The van der Waals surface area contributed by atoms with E-state index in [-0.39, 0.29) is 23.9 Å². The van der Waals surface area contributed by atoms with E-state index in [0.29, 0.717) is 12.5 Å². The van der Waals surface area contributed by atoms with E-state index in [1.54, 1.807) is 0 Å². The predicted molar refractivity (Wildman–Crippen MR) is 103 cm³/mol. The maximum atomic E-state index is 14.5. The lowest BCUT2D eigenvalue weighted by molar-refractivity contribution is -0.122. The van der Waals surface area contributed by atoms with Crippen LogP contribution in [0.4, 0.5) is 8.78 Å². The molecule has 0 radical (unpaired) electrons. The molecule has 0 fully saturated rings. The second kappa shape index (κ2) is 7.67. The Morgan fingerprint density at radius 3 is 2.69 bits per heavy atom. The summed E-state index contributed by atoms with van der Waals surface area (Å²) in [6.07, 6.45) is 2.01. The van der Waals surface area contributed by atoms with Crippen LogP contribution in [0.3, 0.4) is 0 Å². The van der Waals surface area contributed by atoms with Crippen LogP contribution in [-0.4, -0.2) is 15.6 Å². The first-order chi connectivity index (χ1) is 14.0. The Morgan fingerprint density at radius 1 is 1.17 bits per heavy atom. The van der Waals surface area contributed by atoms with Gasteiger partial charge in [-0.25, -0.2) is 13.5 Å². The number of Topliss-reactive ketones (excluding diaryl/α,β-unsaturated/α-hetero) is 1. The fourth-order valence-electron chi connectivity index (χ4n) is 4.01. The average Bonchev–Trinajstić information content (AvgIpc) is 3.01. The molecule has 1 aromatic heterocycles. The molecule has 1 aliphatic carbocycles. The Hall–Kier alpha value is -3.19. The van der Waals surface area contributed by atoms with Crippen LogP contribution >= 0.6 is 0 Å². The highest BCUT2D eigenvalue weighted by molar-refractivity contribution is 5.86. The van der Waals surface area contributed by atoms with Crippen LogP contribution < -0.4 is 11.3 Å². The van der Waals surface area contributed by atoms with Crippen molar-refractivity contribution in [1.29, 1.82) is 0 Å². The van der Waals surface area contributed by atoms with Crippen LogP contribution in [-0.2, 0) is 11.2 Å². The van der Waals surface area contributed by atoms with Crippen molar-refractivity contribution in [3.8, 4) is 0 Å². The third-order valence-electron chi connectivity index (χ3n) is 5.42. The van der Waals surface area contributed by atoms with Crippen molar-refractivity contribution in [3.05, 3.63) is 99.5 Å². The summed E-state index contributed by atoms with van der Waals surface area (Å²) in [7, 11) is 0. The Bertz CT molecular complexity index is 1130. The number of fused-ring (bicyclic) bond motifs is 1. The van der Waals surface area contributed by atoms with E-state index >= 15 is 0 Å². The first-order valence-electron chi connectivity index (χ1n) is 9.30. The van der Waals surface area contributed by atoms with Crippen molar-refractivity contribution in [2.24, 2.45) is 11.7 Å². The highest BCUT2D eigenvalue weighted by Crippen LogP contribution is 2.37. The van der Waals surface area contributed by atoms with E-state index in [4.69, 9.17) is 5.73 Å². The van der Waals surface area contributed by atoms with Gasteiger partial charge < -0.3 is 5.73 Å². The number of carbonyl (C=O) groups excluding carboxylic acids is 1. The highest BCUT2D eigenvalue weighted by atomic mass is 19.1. The van der Waals surface area contributed by atoms with Gasteiger partial charge in [-0.3, -0.25) is 9.59 Å². The van der Waals surface area contributed by atoms with Gasteiger partial charge in [-0.15, -0.1) is 0 Å².